The lowest BCUT2D eigenvalue weighted by atomic mass is 10.1. The molecule has 5 nitrogen and oxygen atoms in total. The van der Waals surface area contributed by atoms with Crippen LogP contribution >= 0.6 is 23.4 Å². The Labute approximate surface area is 167 Å². The molecule has 0 atom stereocenters. The highest BCUT2D eigenvalue weighted by atomic mass is 35.5. The molecule has 1 fully saturated rings. The van der Waals surface area contributed by atoms with Crippen molar-refractivity contribution in [3.63, 3.8) is 0 Å². The second-order valence-corrected chi connectivity index (χ2v) is 7.94. The summed E-state index contributed by atoms with van der Waals surface area (Å²) in [6, 6.07) is 16.0. The first-order valence-electron chi connectivity index (χ1n) is 8.81. The third kappa shape index (κ3) is 4.17. The number of aryl methyl sites for hydroxylation is 1. The first-order chi connectivity index (χ1) is 13.1. The maximum atomic E-state index is 12.1. The summed E-state index contributed by atoms with van der Waals surface area (Å²) in [5.41, 5.74) is 3.03. The second-order valence-electron chi connectivity index (χ2n) is 6.57. The number of aromatic nitrogens is 3. The van der Waals surface area contributed by atoms with E-state index >= 15 is 0 Å². The number of nitrogens with one attached hydrogen (secondary N) is 1. The lowest BCUT2D eigenvalue weighted by Crippen LogP contribution is -2.27. The molecular formula is C20H19ClN4OS. The number of benzene rings is 2. The van der Waals surface area contributed by atoms with Gasteiger partial charge in [-0.2, -0.15) is 0 Å². The molecule has 2 aromatic carbocycles. The predicted octanol–water partition coefficient (Wildman–Crippen LogP) is 4.27. The number of hydrogen-bond donors (Lipinski definition) is 1. The van der Waals surface area contributed by atoms with Gasteiger partial charge >= 0.3 is 0 Å². The van der Waals surface area contributed by atoms with E-state index in [0.29, 0.717) is 22.0 Å². The summed E-state index contributed by atoms with van der Waals surface area (Å²) in [6.45, 7) is 2.05. The average Bonchev–Trinajstić information content (AvgIpc) is 3.38. The van der Waals surface area contributed by atoms with Gasteiger partial charge in [-0.1, -0.05) is 41.6 Å². The topological polar surface area (TPSA) is 59.8 Å². The summed E-state index contributed by atoms with van der Waals surface area (Å²) in [6.07, 6.45) is 2.16. The number of carbonyl (C=O) groups is 1. The van der Waals surface area contributed by atoms with Crippen LogP contribution in [0.5, 0.6) is 0 Å². The van der Waals surface area contributed by atoms with E-state index in [2.05, 4.69) is 28.5 Å². The zero-order chi connectivity index (χ0) is 18.8. The predicted molar refractivity (Wildman–Crippen MR) is 108 cm³/mol. The molecule has 1 amide bonds. The molecule has 1 saturated carbocycles. The van der Waals surface area contributed by atoms with E-state index in [1.54, 1.807) is 0 Å². The minimum atomic E-state index is 0.0369. The van der Waals surface area contributed by atoms with Crippen molar-refractivity contribution in [3.05, 3.63) is 59.1 Å². The molecule has 27 heavy (non-hydrogen) atoms. The Morgan fingerprint density at radius 3 is 2.63 bits per heavy atom. The number of hydrogen-bond acceptors (Lipinski definition) is 4. The van der Waals surface area contributed by atoms with E-state index in [1.165, 1.54) is 11.8 Å². The van der Waals surface area contributed by atoms with Gasteiger partial charge < -0.3 is 5.32 Å². The molecule has 0 spiro atoms. The molecule has 1 aliphatic carbocycles. The first-order valence-corrected chi connectivity index (χ1v) is 10.2. The molecule has 1 heterocycles. The van der Waals surface area contributed by atoms with Crippen molar-refractivity contribution in [1.29, 1.82) is 0 Å². The molecule has 1 N–H and O–H groups in total. The van der Waals surface area contributed by atoms with Crippen molar-refractivity contribution in [2.45, 2.75) is 31.0 Å². The number of thioether (sulfide) groups is 1. The summed E-state index contributed by atoms with van der Waals surface area (Å²) >= 11 is 7.42. The molecule has 0 radical (unpaired) electrons. The monoisotopic (exact) mass is 398 g/mol. The van der Waals surface area contributed by atoms with E-state index in [1.807, 2.05) is 47.0 Å². The highest BCUT2D eigenvalue weighted by Crippen LogP contribution is 2.30. The lowest BCUT2D eigenvalue weighted by molar-refractivity contribution is -0.118. The number of para-hydroxylation sites is 1. The van der Waals surface area contributed by atoms with E-state index in [-0.39, 0.29) is 5.91 Å². The fraction of sp³-hybridized carbons (Fsp3) is 0.250. The largest absolute Gasteiger partial charge is 0.353 e. The molecule has 7 heteroatoms. The molecule has 3 aromatic rings. The smallest absolute Gasteiger partial charge is 0.230 e. The Balaban J connectivity index is 1.69. The summed E-state index contributed by atoms with van der Waals surface area (Å²) in [5, 5.41) is 13.1. The number of rotatable bonds is 6. The Morgan fingerprint density at radius 1 is 1.19 bits per heavy atom. The van der Waals surface area contributed by atoms with Gasteiger partial charge in [0, 0.05) is 16.6 Å². The highest BCUT2D eigenvalue weighted by Gasteiger charge is 2.24. The van der Waals surface area contributed by atoms with E-state index in [0.717, 1.165) is 35.5 Å². The molecule has 1 aromatic heterocycles. The van der Waals surface area contributed by atoms with E-state index in [4.69, 9.17) is 11.6 Å². The maximum absolute atomic E-state index is 12.1. The fourth-order valence-corrected chi connectivity index (χ4v) is 3.69. The van der Waals surface area contributed by atoms with Crippen LogP contribution in [0.3, 0.4) is 0 Å². The van der Waals surface area contributed by atoms with Gasteiger partial charge in [-0.3, -0.25) is 9.36 Å². The van der Waals surface area contributed by atoms with Crippen molar-refractivity contribution in [1.82, 2.24) is 20.1 Å². The Kier molecular flexibility index (Phi) is 5.18. The summed E-state index contributed by atoms with van der Waals surface area (Å²) in [7, 11) is 0. The maximum Gasteiger partial charge on any atom is 0.230 e. The molecule has 0 saturated heterocycles. The average molecular weight is 399 g/mol. The van der Waals surface area contributed by atoms with Crippen LogP contribution in [0.2, 0.25) is 5.02 Å². The molecule has 0 aliphatic heterocycles. The second kappa shape index (κ2) is 7.74. The Hall–Kier alpha value is -2.31. The zero-order valence-corrected chi connectivity index (χ0v) is 16.4. The van der Waals surface area contributed by atoms with Crippen LogP contribution in [0, 0.1) is 6.92 Å². The quantitative estimate of drug-likeness (QED) is 0.630. The van der Waals surface area contributed by atoms with Crippen LogP contribution in [-0.2, 0) is 4.79 Å². The van der Waals surface area contributed by atoms with E-state index < -0.39 is 0 Å². The lowest BCUT2D eigenvalue weighted by Gasteiger charge is -2.13. The third-order valence-electron chi connectivity index (χ3n) is 4.37. The molecule has 0 unspecified atom stereocenters. The fourth-order valence-electron chi connectivity index (χ4n) is 2.81. The Bertz CT molecular complexity index is 966. The van der Waals surface area contributed by atoms with Crippen molar-refractivity contribution in [2.75, 3.05) is 5.75 Å². The SMILES string of the molecule is Cc1ccccc1-n1c(SCC(=O)NC2CC2)nnc1-c1ccc(Cl)cc1. The van der Waals surface area contributed by atoms with Crippen molar-refractivity contribution in [3.8, 4) is 17.1 Å². The molecule has 0 bridgehead atoms. The van der Waals surface area contributed by atoms with Crippen molar-refractivity contribution in [2.24, 2.45) is 0 Å². The van der Waals surface area contributed by atoms with Gasteiger partial charge in [0.1, 0.15) is 0 Å². The number of nitrogens with zero attached hydrogens (tertiary/aromatic N) is 3. The van der Waals surface area contributed by atoms with Gasteiger partial charge in [0.15, 0.2) is 11.0 Å². The van der Waals surface area contributed by atoms with Gasteiger partial charge in [0.25, 0.3) is 0 Å². The van der Waals surface area contributed by atoms with Crippen molar-refractivity contribution >= 4 is 29.3 Å². The molecule has 4 rings (SSSR count). The number of amides is 1. The summed E-state index contributed by atoms with van der Waals surface area (Å²) in [4.78, 5) is 12.1. The first kappa shape index (κ1) is 18.1. The van der Waals surface area contributed by atoms with Gasteiger partial charge in [-0.25, -0.2) is 0 Å². The van der Waals surface area contributed by atoms with Gasteiger partial charge in [0.2, 0.25) is 5.91 Å². The van der Waals surface area contributed by atoms with Crippen LogP contribution in [0.15, 0.2) is 53.7 Å². The van der Waals surface area contributed by atoms with Gasteiger partial charge in [-0.15, -0.1) is 10.2 Å². The third-order valence-corrected chi connectivity index (χ3v) is 5.55. The zero-order valence-electron chi connectivity index (χ0n) is 14.9. The minimum Gasteiger partial charge on any atom is -0.353 e. The van der Waals surface area contributed by atoms with Crippen LogP contribution in [0.1, 0.15) is 18.4 Å². The molecule has 1 aliphatic rings. The Morgan fingerprint density at radius 2 is 1.93 bits per heavy atom. The number of halogens is 1. The van der Waals surface area contributed by atoms with Crippen LogP contribution in [-0.4, -0.2) is 32.5 Å². The van der Waals surface area contributed by atoms with Crippen molar-refractivity contribution < 1.29 is 4.79 Å². The summed E-state index contributed by atoms with van der Waals surface area (Å²) in [5.74, 6) is 1.09. The number of carbonyl (C=O) groups excluding carboxylic acids is 1. The molecular weight excluding hydrogens is 380 g/mol. The van der Waals surface area contributed by atoms with E-state index in [9.17, 15) is 4.79 Å². The van der Waals surface area contributed by atoms with Crippen LogP contribution in [0.4, 0.5) is 0 Å². The minimum absolute atomic E-state index is 0.0369. The summed E-state index contributed by atoms with van der Waals surface area (Å²) < 4.78 is 2.01. The van der Waals surface area contributed by atoms with Crippen LogP contribution < -0.4 is 5.32 Å². The molecule has 138 valence electrons. The highest BCUT2D eigenvalue weighted by molar-refractivity contribution is 7.99. The standard InChI is InChI=1S/C20H19ClN4OS/c1-13-4-2-3-5-17(13)25-19(14-6-8-15(21)9-7-14)23-24-20(25)27-12-18(26)22-16-10-11-16/h2-9,16H,10-12H2,1H3,(H,22,26). The normalized spacial score (nSPS) is 13.6. The van der Waals surface area contributed by atoms with Gasteiger partial charge in [0.05, 0.1) is 11.4 Å². The van der Waals surface area contributed by atoms with Crippen LogP contribution in [0.25, 0.3) is 17.1 Å². The van der Waals surface area contributed by atoms with Gasteiger partial charge in [-0.05, 0) is 55.7 Å².